The van der Waals surface area contributed by atoms with Gasteiger partial charge in [-0.1, -0.05) is 29.4 Å². The molecule has 0 fully saturated rings. The zero-order valence-corrected chi connectivity index (χ0v) is 20.2. The number of aromatic nitrogens is 4. The van der Waals surface area contributed by atoms with Gasteiger partial charge in [0.05, 0.1) is 17.6 Å². The molecule has 176 valence electrons. The predicted octanol–water partition coefficient (Wildman–Crippen LogP) is 3.44. The topological polar surface area (TPSA) is 137 Å². The Kier molecular flexibility index (Phi) is 6.20. The predicted molar refractivity (Wildman–Crippen MR) is 131 cm³/mol. The summed E-state index contributed by atoms with van der Waals surface area (Å²) in [5, 5.41) is 7.28. The van der Waals surface area contributed by atoms with Crippen molar-refractivity contribution in [3.8, 4) is 34.0 Å². The van der Waals surface area contributed by atoms with E-state index in [0.29, 0.717) is 34.1 Å². The number of nitrogens with two attached hydrogens (primary N) is 1. The summed E-state index contributed by atoms with van der Waals surface area (Å²) in [6, 6.07) is 13.2. The highest BCUT2D eigenvalue weighted by Gasteiger charge is 2.34. The first kappa shape index (κ1) is 23.5. The molecule has 0 aliphatic heterocycles. The molecule has 0 atom stereocenters. The Hall–Kier alpha value is -3.63. The standard InChI is InChI=1S/C24H26N6O3S/c1-24(2,34(4,31)32)21-11-17(9-10-27-21)19-14-28-23(25)22(29-19)20-12-18(30-33-20)16-7-5-15(6-8-16)13-26-3/h5-12,14,26H,13H2,1-4H3,(H2,25,28). The number of benzene rings is 1. The van der Waals surface area contributed by atoms with Crippen molar-refractivity contribution in [3.05, 3.63) is 66.1 Å². The van der Waals surface area contributed by atoms with Crippen molar-refractivity contribution in [1.82, 2.24) is 25.4 Å². The Balaban J connectivity index is 1.69. The Bertz CT molecular complexity index is 1430. The molecule has 9 nitrogen and oxygen atoms in total. The molecule has 4 aromatic rings. The minimum Gasteiger partial charge on any atom is -0.382 e. The number of anilines is 1. The van der Waals surface area contributed by atoms with Gasteiger partial charge in [0.15, 0.2) is 27.1 Å². The van der Waals surface area contributed by atoms with Crippen LogP contribution in [0.1, 0.15) is 25.1 Å². The summed E-state index contributed by atoms with van der Waals surface area (Å²) < 4.78 is 28.9. The molecule has 1 aromatic carbocycles. The molecule has 0 bridgehead atoms. The van der Waals surface area contributed by atoms with Crippen LogP contribution in [0.15, 0.2) is 59.4 Å². The Morgan fingerprint density at radius 1 is 1.03 bits per heavy atom. The fraction of sp³-hybridized carbons (Fsp3) is 0.250. The number of hydrogen-bond donors (Lipinski definition) is 2. The van der Waals surface area contributed by atoms with Gasteiger partial charge in [-0.25, -0.2) is 18.4 Å². The normalized spacial score (nSPS) is 12.1. The van der Waals surface area contributed by atoms with Gasteiger partial charge in [0.2, 0.25) is 0 Å². The second kappa shape index (κ2) is 8.96. The molecule has 34 heavy (non-hydrogen) atoms. The molecule has 3 heterocycles. The molecular weight excluding hydrogens is 452 g/mol. The highest BCUT2D eigenvalue weighted by molar-refractivity contribution is 7.91. The zero-order valence-electron chi connectivity index (χ0n) is 19.4. The quantitative estimate of drug-likeness (QED) is 0.409. The van der Waals surface area contributed by atoms with E-state index >= 15 is 0 Å². The van der Waals surface area contributed by atoms with Gasteiger partial charge < -0.3 is 15.6 Å². The number of sulfone groups is 1. The smallest absolute Gasteiger partial charge is 0.189 e. The van der Waals surface area contributed by atoms with Gasteiger partial charge in [0.1, 0.15) is 10.4 Å². The van der Waals surface area contributed by atoms with Crippen molar-refractivity contribution in [2.75, 3.05) is 19.0 Å². The summed E-state index contributed by atoms with van der Waals surface area (Å²) in [5.41, 5.74) is 10.7. The first-order valence-electron chi connectivity index (χ1n) is 10.6. The largest absolute Gasteiger partial charge is 0.382 e. The summed E-state index contributed by atoms with van der Waals surface area (Å²) >= 11 is 0. The van der Waals surface area contributed by atoms with Gasteiger partial charge in [0.25, 0.3) is 0 Å². The first-order valence-corrected chi connectivity index (χ1v) is 12.5. The van der Waals surface area contributed by atoms with Crippen LogP contribution in [-0.4, -0.2) is 41.8 Å². The van der Waals surface area contributed by atoms with E-state index in [9.17, 15) is 8.42 Å². The third kappa shape index (κ3) is 4.55. The van der Waals surface area contributed by atoms with Gasteiger partial charge >= 0.3 is 0 Å². The molecule has 3 N–H and O–H groups in total. The molecule has 0 amide bonds. The molecule has 0 saturated heterocycles. The average molecular weight is 479 g/mol. The van der Waals surface area contributed by atoms with Gasteiger partial charge in [0, 0.05) is 36.2 Å². The van der Waals surface area contributed by atoms with Gasteiger partial charge in [-0.2, -0.15) is 0 Å². The fourth-order valence-corrected chi connectivity index (χ4v) is 3.84. The van der Waals surface area contributed by atoms with Crippen LogP contribution in [-0.2, 0) is 21.1 Å². The van der Waals surface area contributed by atoms with Crippen molar-refractivity contribution >= 4 is 15.7 Å². The Morgan fingerprint density at radius 3 is 2.44 bits per heavy atom. The Morgan fingerprint density at radius 2 is 1.76 bits per heavy atom. The number of rotatable bonds is 7. The lowest BCUT2D eigenvalue weighted by Gasteiger charge is -2.22. The van der Waals surface area contributed by atoms with Crippen LogP contribution in [0, 0.1) is 0 Å². The molecule has 0 saturated carbocycles. The van der Waals surface area contributed by atoms with Crippen molar-refractivity contribution in [2.24, 2.45) is 0 Å². The van der Waals surface area contributed by atoms with Crippen molar-refractivity contribution < 1.29 is 12.9 Å². The minimum absolute atomic E-state index is 0.196. The second-order valence-electron chi connectivity index (χ2n) is 8.50. The third-order valence-electron chi connectivity index (χ3n) is 5.77. The molecule has 0 aliphatic rings. The maximum Gasteiger partial charge on any atom is 0.189 e. The van der Waals surface area contributed by atoms with E-state index in [1.165, 1.54) is 12.5 Å². The van der Waals surface area contributed by atoms with Crippen LogP contribution in [0.25, 0.3) is 34.0 Å². The van der Waals surface area contributed by atoms with E-state index in [0.717, 1.165) is 17.7 Å². The number of nitrogens with one attached hydrogen (secondary N) is 1. The molecule has 0 radical (unpaired) electrons. The molecule has 3 aromatic heterocycles. The lowest BCUT2D eigenvalue weighted by atomic mass is 10.1. The summed E-state index contributed by atoms with van der Waals surface area (Å²) in [6.07, 6.45) is 4.28. The number of nitrogens with zero attached hydrogens (tertiary/aromatic N) is 4. The summed E-state index contributed by atoms with van der Waals surface area (Å²) in [4.78, 5) is 13.2. The SMILES string of the molecule is CNCc1ccc(-c2cc(-c3nc(-c4ccnc(C(C)(C)S(C)(=O)=O)c4)cnc3N)on2)cc1. The lowest BCUT2D eigenvalue weighted by molar-refractivity contribution is 0.434. The third-order valence-corrected chi connectivity index (χ3v) is 7.84. The molecule has 0 spiro atoms. The first-order chi connectivity index (χ1) is 16.1. The maximum absolute atomic E-state index is 12.2. The van der Waals surface area contributed by atoms with Gasteiger partial charge in [-0.05, 0) is 38.6 Å². The van der Waals surface area contributed by atoms with Gasteiger partial charge in [-0.3, -0.25) is 4.98 Å². The van der Waals surface area contributed by atoms with Crippen molar-refractivity contribution in [1.29, 1.82) is 0 Å². The number of hydrogen-bond acceptors (Lipinski definition) is 9. The van der Waals surface area contributed by atoms with Crippen LogP contribution in [0.5, 0.6) is 0 Å². The van der Waals surface area contributed by atoms with E-state index in [2.05, 4.69) is 25.4 Å². The molecule has 4 rings (SSSR count). The van der Waals surface area contributed by atoms with E-state index in [1.54, 1.807) is 38.2 Å². The van der Waals surface area contributed by atoms with E-state index in [-0.39, 0.29) is 5.82 Å². The van der Waals surface area contributed by atoms with E-state index < -0.39 is 14.6 Å². The highest BCUT2D eigenvalue weighted by Crippen LogP contribution is 2.32. The van der Waals surface area contributed by atoms with Crippen LogP contribution in [0.4, 0.5) is 5.82 Å². The van der Waals surface area contributed by atoms with Crippen LogP contribution < -0.4 is 11.1 Å². The molecule has 0 unspecified atom stereocenters. The number of pyridine rings is 1. The average Bonchev–Trinajstić information content (AvgIpc) is 3.29. The highest BCUT2D eigenvalue weighted by atomic mass is 32.2. The lowest BCUT2D eigenvalue weighted by Crippen LogP contribution is -2.29. The molecule has 0 aliphatic carbocycles. The van der Waals surface area contributed by atoms with Gasteiger partial charge in [-0.15, -0.1) is 0 Å². The summed E-state index contributed by atoms with van der Waals surface area (Å²) in [6.45, 7) is 4.02. The van der Waals surface area contributed by atoms with Crippen molar-refractivity contribution in [2.45, 2.75) is 25.1 Å². The minimum atomic E-state index is -3.39. The van der Waals surface area contributed by atoms with Crippen LogP contribution in [0.2, 0.25) is 0 Å². The monoisotopic (exact) mass is 478 g/mol. The fourth-order valence-electron chi connectivity index (χ4n) is 3.35. The Labute approximate surface area is 198 Å². The van der Waals surface area contributed by atoms with Crippen LogP contribution >= 0.6 is 0 Å². The summed E-state index contributed by atoms with van der Waals surface area (Å²) in [7, 11) is -1.49. The number of nitrogen functional groups attached to an aromatic ring is 1. The molecule has 10 heteroatoms. The maximum atomic E-state index is 12.2. The van der Waals surface area contributed by atoms with Crippen LogP contribution in [0.3, 0.4) is 0 Å². The zero-order chi connectivity index (χ0) is 24.5. The second-order valence-corrected chi connectivity index (χ2v) is 11.1. The molecular formula is C24H26N6O3S. The van der Waals surface area contributed by atoms with E-state index in [4.69, 9.17) is 10.3 Å². The van der Waals surface area contributed by atoms with Crippen molar-refractivity contribution in [3.63, 3.8) is 0 Å². The summed E-state index contributed by atoms with van der Waals surface area (Å²) in [5.74, 6) is 0.577. The van der Waals surface area contributed by atoms with E-state index in [1.807, 2.05) is 31.3 Å².